The highest BCUT2D eigenvalue weighted by Crippen LogP contribution is 2.69. The average Bonchev–Trinajstić information content (AvgIpc) is 3.37. The van der Waals surface area contributed by atoms with Crippen LogP contribution in [0.3, 0.4) is 0 Å². The number of hydrogen-bond donors (Lipinski definition) is 2. The molecule has 5 aliphatic rings. The van der Waals surface area contributed by atoms with Gasteiger partial charge in [0, 0.05) is 12.8 Å². The molecule has 4 nitrogen and oxygen atoms in total. The third kappa shape index (κ3) is 3.86. The van der Waals surface area contributed by atoms with Crippen molar-refractivity contribution >= 4 is 0 Å². The first-order valence-electron chi connectivity index (χ1n) is 13.9. The van der Waals surface area contributed by atoms with Gasteiger partial charge in [0.2, 0.25) is 0 Å². The van der Waals surface area contributed by atoms with Crippen LogP contribution in [0.4, 0.5) is 0 Å². The van der Waals surface area contributed by atoms with Gasteiger partial charge in [-0.2, -0.15) is 0 Å². The molecule has 0 aromatic heterocycles. The first-order valence-corrected chi connectivity index (χ1v) is 13.9. The van der Waals surface area contributed by atoms with E-state index < -0.39 is 0 Å². The first-order chi connectivity index (χ1) is 15.6. The van der Waals surface area contributed by atoms with E-state index in [1.807, 2.05) is 6.08 Å². The molecule has 4 unspecified atom stereocenters. The normalized spacial score (nSPS) is 48.6. The van der Waals surface area contributed by atoms with Crippen LogP contribution in [0.15, 0.2) is 12.2 Å². The lowest BCUT2D eigenvalue weighted by Crippen LogP contribution is -2.60. The highest BCUT2D eigenvalue weighted by molar-refractivity contribution is 5.13. The summed E-state index contributed by atoms with van der Waals surface area (Å²) in [6.45, 7) is 13.0. The average molecular weight is 461 g/mol. The van der Waals surface area contributed by atoms with Gasteiger partial charge in [0.15, 0.2) is 5.79 Å². The van der Waals surface area contributed by atoms with Crippen molar-refractivity contribution in [2.24, 2.45) is 52.3 Å². The summed E-state index contributed by atoms with van der Waals surface area (Å²) in [4.78, 5) is 0. The van der Waals surface area contributed by atoms with Crippen LogP contribution in [-0.4, -0.2) is 41.4 Å². The molecule has 1 spiro atoms. The molecule has 1 heterocycles. The molecule has 0 bridgehead atoms. The number of aliphatic hydroxyl groups excluding tert-OH is 2. The predicted octanol–water partition coefficient (Wildman–Crippen LogP) is 5.57. The van der Waals surface area contributed by atoms with Crippen molar-refractivity contribution in [1.82, 2.24) is 0 Å². The summed E-state index contributed by atoms with van der Waals surface area (Å²) in [6, 6.07) is 0. The van der Waals surface area contributed by atoms with Crippen molar-refractivity contribution in [1.29, 1.82) is 0 Å². The molecule has 5 rings (SSSR count). The van der Waals surface area contributed by atoms with Gasteiger partial charge in [0.05, 0.1) is 25.4 Å². The largest absolute Gasteiger partial charge is 0.393 e. The minimum atomic E-state index is -0.360. The maximum atomic E-state index is 11.6. The zero-order chi connectivity index (χ0) is 23.6. The molecule has 0 aromatic carbocycles. The Kier molecular flexibility index (Phi) is 6.33. The number of aliphatic hydroxyl groups is 2. The highest BCUT2D eigenvalue weighted by atomic mass is 16.7. The SMILES string of the molecule is CC(C)[C@H](O)/C=C/[C@@H](C)[C@H]1CCC2C3C(O)C[C@H]4CC5(CC[C@]4(C)C3CC[C@@]21C)OCCO5. The van der Waals surface area contributed by atoms with Gasteiger partial charge in [-0.3, -0.25) is 0 Å². The molecule has 188 valence electrons. The van der Waals surface area contributed by atoms with Gasteiger partial charge in [0.1, 0.15) is 0 Å². The highest BCUT2D eigenvalue weighted by Gasteiger charge is 2.64. The topological polar surface area (TPSA) is 58.9 Å². The summed E-state index contributed by atoms with van der Waals surface area (Å²) in [6.07, 6.45) is 12.9. The zero-order valence-corrected chi connectivity index (χ0v) is 21.6. The van der Waals surface area contributed by atoms with E-state index in [0.717, 1.165) is 32.5 Å². The lowest BCUT2D eigenvalue weighted by molar-refractivity contribution is -0.242. The van der Waals surface area contributed by atoms with Crippen molar-refractivity contribution in [3.63, 3.8) is 0 Å². The summed E-state index contributed by atoms with van der Waals surface area (Å²) in [5, 5.41) is 21.9. The number of allylic oxidation sites excluding steroid dienone is 1. The Morgan fingerprint density at radius 3 is 2.27 bits per heavy atom. The molecular weight excluding hydrogens is 412 g/mol. The van der Waals surface area contributed by atoms with Gasteiger partial charge >= 0.3 is 0 Å². The zero-order valence-electron chi connectivity index (χ0n) is 21.6. The first kappa shape index (κ1) is 24.3. The molecule has 5 fully saturated rings. The van der Waals surface area contributed by atoms with Crippen LogP contribution >= 0.6 is 0 Å². The van der Waals surface area contributed by atoms with E-state index in [9.17, 15) is 10.2 Å². The Labute approximate surface area is 201 Å². The molecule has 0 aromatic rings. The fourth-order valence-electron chi connectivity index (χ4n) is 9.47. The Hall–Kier alpha value is -0.420. The van der Waals surface area contributed by atoms with Crippen molar-refractivity contribution in [2.75, 3.05) is 13.2 Å². The summed E-state index contributed by atoms with van der Waals surface area (Å²) < 4.78 is 12.2. The third-order valence-electron chi connectivity index (χ3n) is 11.5. The molecule has 4 aliphatic carbocycles. The van der Waals surface area contributed by atoms with Crippen LogP contribution in [0.25, 0.3) is 0 Å². The van der Waals surface area contributed by atoms with E-state index in [2.05, 4.69) is 40.7 Å². The van der Waals surface area contributed by atoms with Crippen molar-refractivity contribution in [2.45, 2.75) is 104 Å². The molecule has 1 aliphatic heterocycles. The minimum Gasteiger partial charge on any atom is -0.393 e. The van der Waals surface area contributed by atoms with E-state index in [-0.39, 0.29) is 23.9 Å². The van der Waals surface area contributed by atoms with Gasteiger partial charge in [-0.05, 0) is 90.8 Å². The Morgan fingerprint density at radius 2 is 1.58 bits per heavy atom. The van der Waals surface area contributed by atoms with Gasteiger partial charge in [-0.15, -0.1) is 0 Å². The molecule has 0 radical (unpaired) electrons. The number of hydrogen-bond acceptors (Lipinski definition) is 4. The molecule has 10 atom stereocenters. The Balaban J connectivity index is 1.34. The smallest absolute Gasteiger partial charge is 0.168 e. The van der Waals surface area contributed by atoms with Gasteiger partial charge in [-0.1, -0.05) is 46.8 Å². The molecule has 4 saturated carbocycles. The molecule has 2 N–H and O–H groups in total. The quantitative estimate of drug-likeness (QED) is 0.539. The van der Waals surface area contributed by atoms with Gasteiger partial charge in [-0.25, -0.2) is 0 Å². The second kappa shape index (κ2) is 8.61. The molecule has 4 heteroatoms. The Morgan fingerprint density at radius 1 is 0.879 bits per heavy atom. The van der Waals surface area contributed by atoms with Crippen LogP contribution in [0.2, 0.25) is 0 Å². The van der Waals surface area contributed by atoms with Crippen LogP contribution < -0.4 is 0 Å². The van der Waals surface area contributed by atoms with Gasteiger partial charge in [0.25, 0.3) is 0 Å². The standard InChI is InChI=1S/C29H48O4/c1-18(2)24(30)9-6-19(3)21-7-8-22-26-23(10-11-28(21,22)5)27(4)12-13-29(32-14-15-33-29)17-20(27)16-25(26)31/h6,9,18-26,30-31H,7-8,10-17H2,1-5H3/b9-6+/t19-,20+,21-,22?,23?,24-,25?,26?,27+,28-/m1/s1. The number of ether oxygens (including phenoxy) is 2. The minimum absolute atomic E-state index is 0.193. The summed E-state index contributed by atoms with van der Waals surface area (Å²) in [7, 11) is 0. The number of rotatable bonds is 4. The van der Waals surface area contributed by atoms with E-state index in [0.29, 0.717) is 46.3 Å². The molecule has 0 amide bonds. The van der Waals surface area contributed by atoms with Crippen molar-refractivity contribution in [3.05, 3.63) is 12.2 Å². The lowest BCUT2D eigenvalue weighted by Gasteiger charge is -2.63. The van der Waals surface area contributed by atoms with Gasteiger partial charge < -0.3 is 19.7 Å². The maximum Gasteiger partial charge on any atom is 0.168 e. The maximum absolute atomic E-state index is 11.6. The van der Waals surface area contributed by atoms with Crippen LogP contribution in [0.5, 0.6) is 0 Å². The summed E-state index contributed by atoms with van der Waals surface area (Å²) >= 11 is 0. The second-order valence-corrected chi connectivity index (χ2v) is 13.3. The fraction of sp³-hybridized carbons (Fsp3) is 0.931. The van der Waals surface area contributed by atoms with Crippen LogP contribution in [0, 0.1) is 52.3 Å². The molecule has 33 heavy (non-hydrogen) atoms. The summed E-state index contributed by atoms with van der Waals surface area (Å²) in [5.41, 5.74) is 0.599. The van der Waals surface area contributed by atoms with Crippen LogP contribution in [0.1, 0.15) is 86.0 Å². The second-order valence-electron chi connectivity index (χ2n) is 13.3. The van der Waals surface area contributed by atoms with E-state index >= 15 is 0 Å². The van der Waals surface area contributed by atoms with Crippen molar-refractivity contribution in [3.8, 4) is 0 Å². The van der Waals surface area contributed by atoms with Crippen molar-refractivity contribution < 1.29 is 19.7 Å². The van der Waals surface area contributed by atoms with E-state index in [4.69, 9.17) is 9.47 Å². The fourth-order valence-corrected chi connectivity index (χ4v) is 9.47. The van der Waals surface area contributed by atoms with E-state index in [1.165, 1.54) is 32.1 Å². The van der Waals surface area contributed by atoms with Crippen LogP contribution in [-0.2, 0) is 9.47 Å². The molecular formula is C29H48O4. The Bertz CT molecular complexity index is 742. The number of fused-ring (bicyclic) bond motifs is 5. The monoisotopic (exact) mass is 460 g/mol. The summed E-state index contributed by atoms with van der Waals surface area (Å²) in [5.74, 6) is 3.20. The third-order valence-corrected chi connectivity index (χ3v) is 11.5. The lowest BCUT2D eigenvalue weighted by atomic mass is 9.43. The predicted molar refractivity (Wildman–Crippen MR) is 130 cm³/mol. The van der Waals surface area contributed by atoms with E-state index in [1.54, 1.807) is 0 Å². The molecule has 1 saturated heterocycles.